The lowest BCUT2D eigenvalue weighted by Gasteiger charge is -2.29. The quantitative estimate of drug-likeness (QED) is 0.202. The van der Waals surface area contributed by atoms with Crippen molar-refractivity contribution in [3.63, 3.8) is 0 Å². The van der Waals surface area contributed by atoms with Crippen LogP contribution in [0.5, 0.6) is 5.75 Å². The standard InChI is InChI=1S/C20H30N6O3.HI/c1-21-19(22-9-12-26-18(27)14-24-20(26)28)23-13-17(25-10-3-4-11-25)15-5-7-16(29-2)8-6-15;/h5-8,17H,3-4,9-14H2,1-2H3,(H,24,28)(H2,21,22,23);1H. The molecule has 30 heavy (non-hydrogen) atoms. The first kappa shape index (κ1) is 24.2. The van der Waals surface area contributed by atoms with Crippen LogP contribution in [0.2, 0.25) is 0 Å². The van der Waals surface area contributed by atoms with Gasteiger partial charge in [0, 0.05) is 26.7 Å². The van der Waals surface area contributed by atoms with Gasteiger partial charge in [0.15, 0.2) is 5.96 Å². The summed E-state index contributed by atoms with van der Waals surface area (Å²) >= 11 is 0. The molecule has 1 aromatic carbocycles. The van der Waals surface area contributed by atoms with Gasteiger partial charge in [-0.1, -0.05) is 12.1 Å². The highest BCUT2D eigenvalue weighted by Gasteiger charge is 2.28. The molecule has 0 saturated carbocycles. The topological polar surface area (TPSA) is 98.3 Å². The van der Waals surface area contributed by atoms with E-state index in [-0.39, 0.29) is 48.5 Å². The van der Waals surface area contributed by atoms with E-state index in [9.17, 15) is 9.59 Å². The molecular formula is C20H31IN6O3. The van der Waals surface area contributed by atoms with Crippen molar-refractivity contribution in [2.45, 2.75) is 18.9 Å². The Labute approximate surface area is 194 Å². The highest BCUT2D eigenvalue weighted by atomic mass is 127. The van der Waals surface area contributed by atoms with Crippen molar-refractivity contribution in [2.75, 3.05) is 53.4 Å². The van der Waals surface area contributed by atoms with E-state index in [0.717, 1.165) is 18.8 Å². The molecule has 0 spiro atoms. The van der Waals surface area contributed by atoms with Crippen LogP contribution in [-0.4, -0.2) is 81.1 Å². The lowest BCUT2D eigenvalue weighted by atomic mass is 10.1. The number of benzene rings is 1. The van der Waals surface area contributed by atoms with Crippen LogP contribution < -0.4 is 20.7 Å². The number of amides is 3. The Morgan fingerprint density at radius 3 is 2.47 bits per heavy atom. The van der Waals surface area contributed by atoms with E-state index in [1.807, 2.05) is 12.1 Å². The third-order valence-electron chi connectivity index (χ3n) is 5.33. The van der Waals surface area contributed by atoms with Crippen molar-refractivity contribution in [3.8, 4) is 5.75 Å². The second-order valence-corrected chi connectivity index (χ2v) is 7.12. The smallest absolute Gasteiger partial charge is 0.324 e. The molecule has 1 aromatic rings. The molecule has 0 aliphatic carbocycles. The third-order valence-corrected chi connectivity index (χ3v) is 5.33. The summed E-state index contributed by atoms with van der Waals surface area (Å²) < 4.78 is 5.28. The molecule has 0 bridgehead atoms. The van der Waals surface area contributed by atoms with Gasteiger partial charge >= 0.3 is 6.03 Å². The Bertz CT molecular complexity index is 721. The number of hydrogen-bond acceptors (Lipinski definition) is 5. The van der Waals surface area contributed by atoms with Crippen LogP contribution in [-0.2, 0) is 4.79 Å². The summed E-state index contributed by atoms with van der Waals surface area (Å²) in [7, 11) is 3.38. The summed E-state index contributed by atoms with van der Waals surface area (Å²) in [6, 6.07) is 8.09. The summed E-state index contributed by atoms with van der Waals surface area (Å²) in [5, 5.41) is 9.08. The van der Waals surface area contributed by atoms with Gasteiger partial charge in [0.05, 0.1) is 19.7 Å². The molecule has 1 atom stereocenters. The minimum Gasteiger partial charge on any atom is -0.497 e. The van der Waals surface area contributed by atoms with Crippen molar-refractivity contribution in [1.29, 1.82) is 0 Å². The molecule has 9 nitrogen and oxygen atoms in total. The first-order valence-corrected chi connectivity index (χ1v) is 10.0. The highest BCUT2D eigenvalue weighted by Crippen LogP contribution is 2.26. The number of carbonyl (C=O) groups is 2. The van der Waals surface area contributed by atoms with Crippen molar-refractivity contribution in [3.05, 3.63) is 29.8 Å². The molecular weight excluding hydrogens is 499 g/mol. The maximum atomic E-state index is 11.6. The molecule has 3 amide bonds. The first-order chi connectivity index (χ1) is 14.1. The average Bonchev–Trinajstić information content (AvgIpc) is 3.38. The SMILES string of the molecule is CN=C(NCCN1C(=O)CNC1=O)NCC(c1ccc(OC)cc1)N1CCCC1.I. The van der Waals surface area contributed by atoms with Crippen LogP contribution in [0, 0.1) is 0 Å². The Hall–Kier alpha value is -2.08. The van der Waals surface area contributed by atoms with E-state index in [2.05, 4.69) is 38.0 Å². The molecule has 2 fully saturated rings. The van der Waals surface area contributed by atoms with E-state index in [0.29, 0.717) is 25.6 Å². The second kappa shape index (κ2) is 11.9. The number of nitrogens with one attached hydrogen (secondary N) is 3. The minimum absolute atomic E-state index is 0. The van der Waals surface area contributed by atoms with Gasteiger partial charge in [-0.3, -0.25) is 19.6 Å². The Morgan fingerprint density at radius 2 is 1.90 bits per heavy atom. The number of aliphatic imine (C=N–C) groups is 1. The summed E-state index contributed by atoms with van der Waals surface area (Å²) in [6.07, 6.45) is 2.43. The van der Waals surface area contributed by atoms with E-state index < -0.39 is 0 Å². The number of nitrogens with zero attached hydrogens (tertiary/aromatic N) is 3. The zero-order chi connectivity index (χ0) is 20.6. The van der Waals surface area contributed by atoms with Gasteiger partial charge in [-0.2, -0.15) is 0 Å². The van der Waals surface area contributed by atoms with Crippen molar-refractivity contribution >= 4 is 41.9 Å². The largest absolute Gasteiger partial charge is 0.497 e. The van der Waals surface area contributed by atoms with Gasteiger partial charge < -0.3 is 20.7 Å². The molecule has 0 aromatic heterocycles. The van der Waals surface area contributed by atoms with Gasteiger partial charge in [0.25, 0.3) is 0 Å². The van der Waals surface area contributed by atoms with Gasteiger partial charge in [-0.05, 0) is 43.6 Å². The summed E-state index contributed by atoms with van der Waals surface area (Å²) in [4.78, 5) is 31.2. The minimum atomic E-state index is -0.339. The summed E-state index contributed by atoms with van der Waals surface area (Å²) in [5.74, 6) is 1.29. The van der Waals surface area contributed by atoms with Crippen molar-refractivity contribution in [2.24, 2.45) is 4.99 Å². The fourth-order valence-electron chi connectivity index (χ4n) is 3.72. The summed E-state index contributed by atoms with van der Waals surface area (Å²) in [6.45, 7) is 3.68. The van der Waals surface area contributed by atoms with Crippen molar-refractivity contribution < 1.29 is 14.3 Å². The van der Waals surface area contributed by atoms with Crippen LogP contribution in [0.25, 0.3) is 0 Å². The normalized spacial score (nSPS) is 18.1. The van der Waals surface area contributed by atoms with Crippen LogP contribution >= 0.6 is 24.0 Å². The fourth-order valence-corrected chi connectivity index (χ4v) is 3.72. The van der Waals surface area contributed by atoms with E-state index >= 15 is 0 Å². The molecule has 3 rings (SSSR count). The summed E-state index contributed by atoms with van der Waals surface area (Å²) in [5.41, 5.74) is 1.23. The number of methoxy groups -OCH3 is 1. The highest BCUT2D eigenvalue weighted by molar-refractivity contribution is 14.0. The molecule has 2 aliphatic rings. The first-order valence-electron chi connectivity index (χ1n) is 10.0. The van der Waals surface area contributed by atoms with Gasteiger partial charge in [-0.25, -0.2) is 4.79 Å². The van der Waals surface area contributed by atoms with Gasteiger partial charge in [0.1, 0.15) is 5.75 Å². The Balaban J connectivity index is 0.00000320. The molecule has 2 saturated heterocycles. The Morgan fingerprint density at radius 1 is 1.20 bits per heavy atom. The lowest BCUT2D eigenvalue weighted by Crippen LogP contribution is -2.45. The molecule has 2 heterocycles. The molecule has 3 N–H and O–H groups in total. The van der Waals surface area contributed by atoms with E-state index in [1.54, 1.807) is 14.2 Å². The molecule has 0 radical (unpaired) electrons. The zero-order valence-electron chi connectivity index (χ0n) is 17.5. The molecule has 2 aliphatic heterocycles. The van der Waals surface area contributed by atoms with Crippen LogP contribution in [0.3, 0.4) is 0 Å². The number of ether oxygens (including phenoxy) is 1. The van der Waals surface area contributed by atoms with Crippen molar-refractivity contribution in [1.82, 2.24) is 25.8 Å². The average molecular weight is 530 g/mol. The lowest BCUT2D eigenvalue weighted by molar-refractivity contribution is -0.124. The van der Waals surface area contributed by atoms with E-state index in [4.69, 9.17) is 4.74 Å². The number of hydrogen-bond donors (Lipinski definition) is 3. The number of urea groups is 1. The third kappa shape index (κ3) is 6.21. The van der Waals surface area contributed by atoms with Crippen LogP contribution in [0.1, 0.15) is 24.4 Å². The van der Waals surface area contributed by atoms with Crippen LogP contribution in [0.15, 0.2) is 29.3 Å². The Kier molecular flexibility index (Phi) is 9.63. The monoisotopic (exact) mass is 530 g/mol. The number of rotatable bonds is 8. The fraction of sp³-hybridized carbons (Fsp3) is 0.550. The molecule has 166 valence electrons. The number of imide groups is 1. The number of halogens is 1. The molecule has 10 heteroatoms. The predicted molar refractivity (Wildman–Crippen MR) is 126 cm³/mol. The maximum absolute atomic E-state index is 11.6. The van der Waals surface area contributed by atoms with E-state index in [1.165, 1.54) is 23.3 Å². The second-order valence-electron chi connectivity index (χ2n) is 7.12. The molecule has 1 unspecified atom stereocenters. The number of carbonyl (C=O) groups excluding carboxylic acids is 2. The predicted octanol–water partition coefficient (Wildman–Crippen LogP) is 1.17. The van der Waals surface area contributed by atoms with Gasteiger partial charge in [0.2, 0.25) is 5.91 Å². The zero-order valence-corrected chi connectivity index (χ0v) is 19.8. The number of likely N-dealkylation sites (tertiary alicyclic amines) is 1. The van der Waals surface area contributed by atoms with Gasteiger partial charge in [-0.15, -0.1) is 24.0 Å². The number of guanidine groups is 1. The maximum Gasteiger partial charge on any atom is 0.324 e. The van der Waals surface area contributed by atoms with Crippen LogP contribution in [0.4, 0.5) is 4.79 Å².